The van der Waals surface area contributed by atoms with Gasteiger partial charge < -0.3 is 10.6 Å². The molecule has 13 heavy (non-hydrogen) atoms. The van der Waals surface area contributed by atoms with E-state index in [2.05, 4.69) is 36.2 Å². The molecule has 0 aromatic heterocycles. The first kappa shape index (κ1) is 7.39. The first-order valence-corrected chi connectivity index (χ1v) is 4.80. The number of rotatable bonds is 0. The van der Waals surface area contributed by atoms with Crippen LogP contribution in [0.15, 0.2) is 24.3 Å². The Morgan fingerprint density at radius 1 is 1.46 bits per heavy atom. The van der Waals surface area contributed by atoms with Crippen LogP contribution in [0, 0.1) is 0 Å². The summed E-state index contributed by atoms with van der Waals surface area (Å²) in [7, 11) is 2.15. The minimum atomic E-state index is 0.311. The lowest BCUT2D eigenvalue weighted by molar-refractivity contribution is 0.697. The highest BCUT2D eigenvalue weighted by molar-refractivity contribution is 5.65. The highest BCUT2D eigenvalue weighted by atomic mass is 15.2. The maximum absolute atomic E-state index is 6.01. The lowest BCUT2D eigenvalue weighted by Crippen LogP contribution is -2.24. The normalized spacial score (nSPS) is 35.2. The molecular weight excluding hydrogens is 160 g/mol. The van der Waals surface area contributed by atoms with Crippen LogP contribution < -0.4 is 10.6 Å². The molecule has 1 aliphatic carbocycles. The molecule has 2 atom stereocenters. The Morgan fingerprint density at radius 3 is 2.85 bits per heavy atom. The zero-order valence-corrected chi connectivity index (χ0v) is 7.83. The van der Waals surface area contributed by atoms with Gasteiger partial charge in [-0.05, 0) is 18.1 Å². The smallest absolute Gasteiger partial charge is 0.0403 e. The van der Waals surface area contributed by atoms with E-state index in [0.717, 1.165) is 13.0 Å². The topological polar surface area (TPSA) is 29.3 Å². The van der Waals surface area contributed by atoms with Crippen molar-refractivity contribution < 1.29 is 0 Å². The molecule has 0 amide bonds. The van der Waals surface area contributed by atoms with E-state index in [1.54, 1.807) is 0 Å². The number of nitrogens with two attached hydrogens (primary N) is 1. The van der Waals surface area contributed by atoms with E-state index in [0.29, 0.717) is 11.5 Å². The molecule has 1 saturated carbocycles. The van der Waals surface area contributed by atoms with Gasteiger partial charge in [-0.3, -0.25) is 0 Å². The molecule has 1 fully saturated rings. The Balaban J connectivity index is 2.17. The van der Waals surface area contributed by atoms with Gasteiger partial charge in [0.05, 0.1) is 0 Å². The summed E-state index contributed by atoms with van der Waals surface area (Å²) in [6.45, 7) is 1.10. The van der Waals surface area contributed by atoms with E-state index in [9.17, 15) is 0 Å². The number of para-hydroxylation sites is 1. The molecule has 2 aliphatic rings. The maximum Gasteiger partial charge on any atom is 0.0403 e. The quantitative estimate of drug-likeness (QED) is 0.638. The van der Waals surface area contributed by atoms with Gasteiger partial charge in [0.2, 0.25) is 0 Å². The van der Waals surface area contributed by atoms with Crippen LogP contribution in [-0.2, 0) is 5.41 Å². The van der Waals surface area contributed by atoms with Crippen molar-refractivity contribution >= 4 is 5.69 Å². The molecule has 0 radical (unpaired) electrons. The van der Waals surface area contributed by atoms with Crippen molar-refractivity contribution in [1.29, 1.82) is 0 Å². The Bertz CT molecular complexity index is 361. The molecule has 2 N–H and O–H groups in total. The van der Waals surface area contributed by atoms with E-state index >= 15 is 0 Å². The molecule has 0 saturated heterocycles. The van der Waals surface area contributed by atoms with Crippen molar-refractivity contribution in [2.24, 2.45) is 5.73 Å². The summed E-state index contributed by atoms with van der Waals surface area (Å²) in [5.41, 5.74) is 9.16. The fourth-order valence-electron chi connectivity index (χ4n) is 2.65. The average Bonchev–Trinajstić information content (AvgIpc) is 2.68. The van der Waals surface area contributed by atoms with Crippen molar-refractivity contribution in [3.05, 3.63) is 29.8 Å². The van der Waals surface area contributed by atoms with E-state index in [1.165, 1.54) is 11.3 Å². The van der Waals surface area contributed by atoms with Crippen molar-refractivity contribution in [1.82, 2.24) is 0 Å². The predicted molar refractivity (Wildman–Crippen MR) is 54.0 cm³/mol. The third-order valence-electron chi connectivity index (χ3n) is 3.50. The second-order valence-corrected chi connectivity index (χ2v) is 4.34. The Morgan fingerprint density at radius 2 is 2.15 bits per heavy atom. The van der Waals surface area contributed by atoms with Crippen LogP contribution in [0.1, 0.15) is 12.0 Å². The highest BCUT2D eigenvalue weighted by Crippen LogP contribution is 2.54. The van der Waals surface area contributed by atoms with Gasteiger partial charge in [-0.25, -0.2) is 0 Å². The molecular formula is C11H14N2. The largest absolute Gasteiger partial charge is 0.373 e. The van der Waals surface area contributed by atoms with Gasteiger partial charge in [-0.2, -0.15) is 0 Å². The van der Waals surface area contributed by atoms with Crippen LogP contribution in [0.4, 0.5) is 5.69 Å². The third kappa shape index (κ3) is 0.767. The maximum atomic E-state index is 6.01. The number of fused-ring (bicyclic) bond motifs is 2. The van der Waals surface area contributed by atoms with Crippen LogP contribution in [0.5, 0.6) is 0 Å². The standard InChI is InChI=1S/C11H14N2/c1-13-7-11(6-10(11)12)8-4-2-3-5-9(8)13/h2-5,10H,6-7,12H2,1H3. The van der Waals surface area contributed by atoms with Gasteiger partial charge in [0.25, 0.3) is 0 Å². The minimum absolute atomic E-state index is 0.311. The summed E-state index contributed by atoms with van der Waals surface area (Å²) >= 11 is 0. The predicted octanol–water partition coefficient (Wildman–Crippen LogP) is 1.11. The second kappa shape index (κ2) is 2.07. The zero-order chi connectivity index (χ0) is 9.05. The number of hydrogen-bond acceptors (Lipinski definition) is 2. The lowest BCUT2D eigenvalue weighted by atomic mass is 9.98. The Hall–Kier alpha value is -1.02. The first-order chi connectivity index (χ1) is 6.24. The molecule has 1 aromatic rings. The molecule has 68 valence electrons. The molecule has 2 nitrogen and oxygen atoms in total. The number of nitrogens with zero attached hydrogens (tertiary/aromatic N) is 1. The monoisotopic (exact) mass is 174 g/mol. The number of anilines is 1. The van der Waals surface area contributed by atoms with E-state index in [-0.39, 0.29) is 0 Å². The summed E-state index contributed by atoms with van der Waals surface area (Å²) in [6.07, 6.45) is 1.16. The van der Waals surface area contributed by atoms with Crippen molar-refractivity contribution in [3.63, 3.8) is 0 Å². The molecule has 0 bridgehead atoms. The molecule has 1 heterocycles. The summed E-state index contributed by atoms with van der Waals surface area (Å²) in [5, 5.41) is 0. The van der Waals surface area contributed by atoms with E-state index < -0.39 is 0 Å². The second-order valence-electron chi connectivity index (χ2n) is 4.34. The molecule has 1 spiro atoms. The van der Waals surface area contributed by atoms with Gasteiger partial charge >= 0.3 is 0 Å². The van der Waals surface area contributed by atoms with Gasteiger partial charge in [0.15, 0.2) is 0 Å². The van der Waals surface area contributed by atoms with Crippen LogP contribution in [0.2, 0.25) is 0 Å². The Kier molecular flexibility index (Phi) is 1.18. The fourth-order valence-corrected chi connectivity index (χ4v) is 2.65. The summed E-state index contributed by atoms with van der Waals surface area (Å²) in [6, 6.07) is 9.02. The minimum Gasteiger partial charge on any atom is -0.373 e. The summed E-state index contributed by atoms with van der Waals surface area (Å²) in [5.74, 6) is 0. The Labute approximate surface area is 78.3 Å². The van der Waals surface area contributed by atoms with Gasteiger partial charge in [-0.1, -0.05) is 18.2 Å². The molecule has 2 heteroatoms. The fraction of sp³-hybridized carbons (Fsp3) is 0.455. The van der Waals surface area contributed by atoms with Crippen LogP contribution in [-0.4, -0.2) is 19.6 Å². The molecule has 3 rings (SSSR count). The van der Waals surface area contributed by atoms with Crippen molar-refractivity contribution in [3.8, 4) is 0 Å². The number of benzene rings is 1. The van der Waals surface area contributed by atoms with Gasteiger partial charge in [0, 0.05) is 30.7 Å². The molecule has 1 aliphatic heterocycles. The van der Waals surface area contributed by atoms with E-state index in [1.807, 2.05) is 0 Å². The average molecular weight is 174 g/mol. The molecule has 1 aromatic carbocycles. The van der Waals surface area contributed by atoms with Crippen LogP contribution in [0.25, 0.3) is 0 Å². The zero-order valence-electron chi connectivity index (χ0n) is 7.83. The highest BCUT2D eigenvalue weighted by Gasteiger charge is 2.57. The van der Waals surface area contributed by atoms with Gasteiger partial charge in [-0.15, -0.1) is 0 Å². The first-order valence-electron chi connectivity index (χ1n) is 4.80. The SMILES string of the molecule is CN1CC2(CC2N)c2ccccc21. The number of likely N-dealkylation sites (N-methyl/N-ethyl adjacent to an activating group) is 1. The van der Waals surface area contributed by atoms with E-state index in [4.69, 9.17) is 5.73 Å². The summed E-state index contributed by atoms with van der Waals surface area (Å²) < 4.78 is 0. The van der Waals surface area contributed by atoms with Crippen molar-refractivity contribution in [2.45, 2.75) is 17.9 Å². The van der Waals surface area contributed by atoms with Crippen LogP contribution >= 0.6 is 0 Å². The van der Waals surface area contributed by atoms with Crippen molar-refractivity contribution in [2.75, 3.05) is 18.5 Å². The lowest BCUT2D eigenvalue weighted by Gasteiger charge is -2.11. The summed E-state index contributed by atoms with van der Waals surface area (Å²) in [4.78, 5) is 2.32. The van der Waals surface area contributed by atoms with Crippen LogP contribution in [0.3, 0.4) is 0 Å². The van der Waals surface area contributed by atoms with Gasteiger partial charge in [0.1, 0.15) is 0 Å². The number of hydrogen-bond donors (Lipinski definition) is 1. The molecule has 2 unspecified atom stereocenters. The third-order valence-corrected chi connectivity index (χ3v) is 3.50.